The lowest BCUT2D eigenvalue weighted by molar-refractivity contribution is -0.151. The average Bonchev–Trinajstić information content (AvgIpc) is 2.61. The van der Waals surface area contributed by atoms with E-state index in [1.54, 1.807) is 0 Å². The maximum Gasteiger partial charge on any atom is 0.230 e. The number of nitrogens with zero attached hydrogens (tertiary/aromatic N) is 1. The van der Waals surface area contributed by atoms with Gasteiger partial charge in [-0.05, 0) is 11.5 Å². The second kappa shape index (κ2) is 5.47. The summed E-state index contributed by atoms with van der Waals surface area (Å²) < 4.78 is 0.674. The molecule has 0 spiro atoms. The third kappa shape index (κ3) is 3.22. The van der Waals surface area contributed by atoms with E-state index >= 15 is 0 Å². The number of Topliss-reactive ketones (excluding diaryl/α,β-unsaturated/α-hetero) is 1. The van der Waals surface area contributed by atoms with E-state index in [9.17, 15) is 14.4 Å². The van der Waals surface area contributed by atoms with Gasteiger partial charge in [-0.3, -0.25) is 19.3 Å². The summed E-state index contributed by atoms with van der Waals surface area (Å²) in [6, 6.07) is 1.46. The van der Waals surface area contributed by atoms with E-state index in [2.05, 4.69) is 0 Å². The second-order valence-electron chi connectivity index (χ2n) is 5.55. The zero-order valence-electron chi connectivity index (χ0n) is 11.0. The molecule has 1 aromatic rings. The molecule has 0 atom stereocenters. The molecule has 0 unspecified atom stereocenters. The number of carbonyl (C=O) groups excluding carboxylic acids is 3. The van der Waals surface area contributed by atoms with Gasteiger partial charge in [-0.25, -0.2) is 0 Å². The molecule has 0 aliphatic carbocycles. The number of imide groups is 1. The Labute approximate surface area is 130 Å². The molecule has 1 aromatic heterocycles. The second-order valence-corrected chi connectivity index (χ2v) is 7.84. The number of rotatable bonds is 3. The summed E-state index contributed by atoms with van der Waals surface area (Å²) in [5.74, 6) is -1.02. The largest absolute Gasteiger partial charge is 0.292 e. The number of carbonyl (C=O) groups is 3. The summed E-state index contributed by atoms with van der Waals surface area (Å²) in [6.45, 7) is 3.44. The van der Waals surface area contributed by atoms with Crippen molar-refractivity contribution >= 4 is 52.1 Å². The van der Waals surface area contributed by atoms with Crippen LogP contribution in [0.15, 0.2) is 6.07 Å². The van der Waals surface area contributed by atoms with Gasteiger partial charge in [0.15, 0.2) is 5.78 Å². The van der Waals surface area contributed by atoms with Gasteiger partial charge in [-0.15, -0.1) is 11.3 Å². The Morgan fingerprint density at radius 2 is 1.85 bits per heavy atom. The Morgan fingerprint density at radius 3 is 2.30 bits per heavy atom. The number of halogens is 2. The number of hydrogen-bond donors (Lipinski definition) is 0. The molecule has 2 heterocycles. The summed E-state index contributed by atoms with van der Waals surface area (Å²) in [6.07, 6.45) is 0.508. The summed E-state index contributed by atoms with van der Waals surface area (Å²) in [4.78, 5) is 37.1. The van der Waals surface area contributed by atoms with Gasteiger partial charge in [0, 0.05) is 12.8 Å². The number of likely N-dealkylation sites (tertiary alicyclic amines) is 1. The van der Waals surface area contributed by atoms with Crippen molar-refractivity contribution < 1.29 is 14.4 Å². The number of amides is 2. The Morgan fingerprint density at radius 1 is 1.30 bits per heavy atom. The third-order valence-electron chi connectivity index (χ3n) is 3.12. The minimum absolute atomic E-state index is 0.254. The van der Waals surface area contributed by atoms with E-state index in [4.69, 9.17) is 23.2 Å². The molecule has 0 radical (unpaired) electrons. The van der Waals surface area contributed by atoms with E-state index in [1.807, 2.05) is 13.8 Å². The van der Waals surface area contributed by atoms with Crippen LogP contribution in [0, 0.1) is 5.41 Å². The monoisotopic (exact) mass is 333 g/mol. The molecule has 20 heavy (non-hydrogen) atoms. The Bertz CT molecular complexity index is 574. The lowest BCUT2D eigenvalue weighted by Crippen LogP contribution is -2.48. The molecule has 108 valence electrons. The predicted octanol–water partition coefficient (Wildman–Crippen LogP) is 3.41. The highest BCUT2D eigenvalue weighted by atomic mass is 35.5. The molecular weight excluding hydrogens is 321 g/mol. The smallest absolute Gasteiger partial charge is 0.230 e. The average molecular weight is 334 g/mol. The normalized spacial score (nSPS) is 18.5. The van der Waals surface area contributed by atoms with Gasteiger partial charge in [-0.1, -0.05) is 37.0 Å². The maximum atomic E-state index is 12.1. The molecule has 1 fully saturated rings. The molecule has 4 nitrogen and oxygen atoms in total. The minimum atomic E-state index is -0.375. The van der Waals surface area contributed by atoms with Crippen LogP contribution in [0.1, 0.15) is 37.0 Å². The molecule has 1 aliphatic rings. The van der Waals surface area contributed by atoms with Crippen LogP contribution >= 0.6 is 34.5 Å². The van der Waals surface area contributed by atoms with Crippen LogP contribution in [-0.4, -0.2) is 29.0 Å². The van der Waals surface area contributed by atoms with E-state index in [0.29, 0.717) is 4.34 Å². The summed E-state index contributed by atoms with van der Waals surface area (Å²) >= 11 is 12.8. The van der Waals surface area contributed by atoms with Crippen molar-refractivity contribution in [2.24, 2.45) is 5.41 Å². The van der Waals surface area contributed by atoms with Crippen LogP contribution in [0.5, 0.6) is 0 Å². The summed E-state index contributed by atoms with van der Waals surface area (Å²) in [5, 5.41) is 0. The zero-order chi connectivity index (χ0) is 15.1. The van der Waals surface area contributed by atoms with Crippen LogP contribution in [0.4, 0.5) is 0 Å². The quantitative estimate of drug-likeness (QED) is 0.629. The van der Waals surface area contributed by atoms with E-state index in [-0.39, 0.29) is 52.3 Å². The van der Waals surface area contributed by atoms with Crippen molar-refractivity contribution in [1.82, 2.24) is 4.90 Å². The molecular formula is C13H13Cl2NO3S. The van der Waals surface area contributed by atoms with E-state index in [1.165, 1.54) is 6.07 Å². The van der Waals surface area contributed by atoms with Crippen molar-refractivity contribution in [3.05, 3.63) is 20.3 Å². The Balaban J connectivity index is 2.14. The molecule has 1 saturated heterocycles. The number of piperidine rings is 1. The first-order valence-electron chi connectivity index (χ1n) is 6.01. The van der Waals surface area contributed by atoms with Gasteiger partial charge < -0.3 is 0 Å². The van der Waals surface area contributed by atoms with Crippen molar-refractivity contribution in [2.45, 2.75) is 26.7 Å². The minimum Gasteiger partial charge on any atom is -0.292 e. The Kier molecular flexibility index (Phi) is 4.23. The van der Waals surface area contributed by atoms with Crippen molar-refractivity contribution in [1.29, 1.82) is 0 Å². The first-order valence-corrected chi connectivity index (χ1v) is 7.58. The molecule has 0 saturated carbocycles. The maximum absolute atomic E-state index is 12.1. The third-order valence-corrected chi connectivity index (χ3v) is 4.61. The molecule has 0 aromatic carbocycles. The first kappa shape index (κ1) is 15.5. The first-order chi connectivity index (χ1) is 9.19. The highest BCUT2D eigenvalue weighted by molar-refractivity contribution is 7.20. The van der Waals surface area contributed by atoms with Gasteiger partial charge >= 0.3 is 0 Å². The lowest BCUT2D eigenvalue weighted by Gasteiger charge is -2.34. The van der Waals surface area contributed by atoms with Crippen molar-refractivity contribution in [3.8, 4) is 0 Å². The fraction of sp³-hybridized carbons (Fsp3) is 0.462. The highest BCUT2D eigenvalue weighted by Gasteiger charge is 2.38. The Hall–Kier alpha value is -0.910. The fourth-order valence-electron chi connectivity index (χ4n) is 2.15. The van der Waals surface area contributed by atoms with Crippen LogP contribution in [-0.2, 0) is 9.59 Å². The van der Waals surface area contributed by atoms with Crippen molar-refractivity contribution in [2.75, 3.05) is 6.54 Å². The number of thiophene rings is 1. The lowest BCUT2D eigenvalue weighted by atomic mass is 9.81. The molecule has 2 rings (SSSR count). The van der Waals surface area contributed by atoms with E-state index in [0.717, 1.165) is 16.2 Å². The fourth-order valence-corrected chi connectivity index (χ4v) is 3.65. The molecule has 1 aliphatic heterocycles. The predicted molar refractivity (Wildman–Crippen MR) is 78.4 cm³/mol. The summed E-state index contributed by atoms with van der Waals surface area (Å²) in [7, 11) is 0. The zero-order valence-corrected chi connectivity index (χ0v) is 13.4. The standard InChI is InChI=1S/C13H13Cl2NO3S/c1-13(2)4-10(18)16(11(19)5-13)6-8(17)7-3-9(14)20-12(7)15/h3H,4-6H2,1-2H3. The molecule has 7 heteroatoms. The number of ketones is 1. The van der Waals surface area contributed by atoms with Crippen LogP contribution in [0.2, 0.25) is 8.67 Å². The van der Waals surface area contributed by atoms with Gasteiger partial charge in [-0.2, -0.15) is 0 Å². The topological polar surface area (TPSA) is 54.5 Å². The van der Waals surface area contributed by atoms with Crippen molar-refractivity contribution in [3.63, 3.8) is 0 Å². The SMILES string of the molecule is CC1(C)CC(=O)N(CC(=O)c2cc(Cl)sc2Cl)C(=O)C1. The summed E-state index contributed by atoms with van der Waals surface area (Å²) in [5.41, 5.74) is -0.0936. The molecule has 0 bridgehead atoms. The molecule has 0 N–H and O–H groups in total. The van der Waals surface area contributed by atoms with Crippen LogP contribution in [0.3, 0.4) is 0 Å². The van der Waals surface area contributed by atoms with Crippen LogP contribution < -0.4 is 0 Å². The van der Waals surface area contributed by atoms with Gasteiger partial charge in [0.2, 0.25) is 11.8 Å². The van der Waals surface area contributed by atoms with Crippen LogP contribution in [0.25, 0.3) is 0 Å². The van der Waals surface area contributed by atoms with E-state index < -0.39 is 0 Å². The molecule has 2 amide bonds. The van der Waals surface area contributed by atoms with Gasteiger partial charge in [0.05, 0.1) is 16.4 Å². The van der Waals surface area contributed by atoms with Gasteiger partial charge in [0.1, 0.15) is 4.34 Å². The van der Waals surface area contributed by atoms with Gasteiger partial charge in [0.25, 0.3) is 0 Å². The highest BCUT2D eigenvalue weighted by Crippen LogP contribution is 2.33. The number of hydrogen-bond acceptors (Lipinski definition) is 4.